The number of hydrogen-bond donors (Lipinski definition) is 1. The molecule has 0 radical (unpaired) electrons. The Hall–Kier alpha value is -0.800. The third-order valence-electron chi connectivity index (χ3n) is 2.24. The van der Waals surface area contributed by atoms with Crippen LogP contribution in [0.2, 0.25) is 4.34 Å². The second-order valence-electron chi connectivity index (χ2n) is 3.63. The summed E-state index contributed by atoms with van der Waals surface area (Å²) in [6, 6.07) is 3.79. The fourth-order valence-electron chi connectivity index (χ4n) is 1.34. The molecule has 0 aromatic carbocycles. The zero-order chi connectivity index (χ0) is 12.1. The lowest BCUT2D eigenvalue weighted by atomic mass is 10.2. The van der Waals surface area contributed by atoms with Crippen LogP contribution >= 0.6 is 22.9 Å². The highest BCUT2D eigenvalue weighted by Gasteiger charge is 2.12. The topological polar surface area (TPSA) is 29.1 Å². The number of nitrogens with one attached hydrogen (secondary N) is 1. The van der Waals surface area contributed by atoms with E-state index in [9.17, 15) is 4.79 Å². The first-order valence-corrected chi connectivity index (χ1v) is 6.47. The Morgan fingerprint density at radius 1 is 1.62 bits per heavy atom. The molecule has 1 N–H and O–H groups in total. The number of hydrogen-bond acceptors (Lipinski definition) is 2. The number of rotatable bonds is 4. The predicted molar refractivity (Wildman–Crippen MR) is 69.9 cm³/mol. The molecular weight excluding hydrogens is 242 g/mol. The van der Waals surface area contributed by atoms with E-state index in [4.69, 9.17) is 11.6 Å². The lowest BCUT2D eigenvalue weighted by Gasteiger charge is -2.12. The second-order valence-corrected chi connectivity index (χ2v) is 5.38. The van der Waals surface area contributed by atoms with E-state index in [0.29, 0.717) is 0 Å². The van der Waals surface area contributed by atoms with E-state index in [1.807, 2.05) is 39.0 Å². The van der Waals surface area contributed by atoms with Crippen LogP contribution in [-0.2, 0) is 4.79 Å². The van der Waals surface area contributed by atoms with Crippen LogP contribution in [0.15, 0.2) is 23.8 Å². The van der Waals surface area contributed by atoms with Crippen LogP contribution < -0.4 is 5.32 Å². The molecule has 1 unspecified atom stereocenters. The van der Waals surface area contributed by atoms with E-state index in [-0.39, 0.29) is 11.9 Å². The van der Waals surface area contributed by atoms with Gasteiger partial charge in [0.15, 0.2) is 0 Å². The van der Waals surface area contributed by atoms with Crippen LogP contribution in [-0.4, -0.2) is 5.91 Å². The maximum atomic E-state index is 11.7. The molecule has 0 aliphatic carbocycles. The fourth-order valence-corrected chi connectivity index (χ4v) is 2.40. The molecule has 1 aromatic heterocycles. The second kappa shape index (κ2) is 6.06. The average Bonchev–Trinajstić information content (AvgIpc) is 2.65. The third-order valence-corrected chi connectivity index (χ3v) is 3.65. The maximum Gasteiger partial charge on any atom is 0.247 e. The number of carbonyl (C=O) groups is 1. The quantitative estimate of drug-likeness (QED) is 0.814. The highest BCUT2D eigenvalue weighted by Crippen LogP contribution is 2.26. The molecule has 2 nitrogen and oxygen atoms in total. The molecule has 0 saturated heterocycles. The molecule has 88 valence electrons. The summed E-state index contributed by atoms with van der Waals surface area (Å²) in [5.74, 6) is -0.0149. The summed E-state index contributed by atoms with van der Waals surface area (Å²) in [4.78, 5) is 12.8. The molecule has 1 amide bonds. The van der Waals surface area contributed by atoms with Crippen LogP contribution in [0, 0.1) is 0 Å². The Bertz CT molecular complexity index is 397. The first kappa shape index (κ1) is 13.3. The number of carbonyl (C=O) groups excluding carboxylic acids is 1. The van der Waals surface area contributed by atoms with Gasteiger partial charge in [-0.2, -0.15) is 0 Å². The average molecular weight is 258 g/mol. The first-order chi connectivity index (χ1) is 7.54. The van der Waals surface area contributed by atoms with Gasteiger partial charge in [-0.1, -0.05) is 24.6 Å². The van der Waals surface area contributed by atoms with Crippen LogP contribution in [0.5, 0.6) is 0 Å². The highest BCUT2D eigenvalue weighted by molar-refractivity contribution is 7.16. The number of halogens is 1. The molecule has 0 bridgehead atoms. The molecule has 0 aliphatic heterocycles. The van der Waals surface area contributed by atoms with E-state index >= 15 is 0 Å². The molecule has 16 heavy (non-hydrogen) atoms. The standard InChI is InChI=1S/C12H16ClNOS/c1-4-5-8(2)12(15)14-9(3)10-6-7-11(13)16-10/h5-7,9H,4H2,1-3H3,(H,14,15). The molecule has 1 aromatic rings. The largest absolute Gasteiger partial charge is 0.345 e. The number of thiophene rings is 1. The van der Waals surface area contributed by atoms with Gasteiger partial charge < -0.3 is 5.32 Å². The summed E-state index contributed by atoms with van der Waals surface area (Å²) < 4.78 is 0.747. The summed E-state index contributed by atoms with van der Waals surface area (Å²) in [6.45, 7) is 5.80. The van der Waals surface area contributed by atoms with Gasteiger partial charge in [-0.15, -0.1) is 11.3 Å². The van der Waals surface area contributed by atoms with Gasteiger partial charge in [0.1, 0.15) is 0 Å². The Balaban J connectivity index is 2.61. The van der Waals surface area contributed by atoms with E-state index in [1.165, 1.54) is 11.3 Å². The van der Waals surface area contributed by atoms with Crippen molar-refractivity contribution in [3.8, 4) is 0 Å². The van der Waals surface area contributed by atoms with Crippen molar-refractivity contribution in [1.82, 2.24) is 5.32 Å². The molecule has 0 aliphatic rings. The SMILES string of the molecule is CCC=C(C)C(=O)NC(C)c1ccc(Cl)s1. The molecule has 1 rings (SSSR count). The summed E-state index contributed by atoms with van der Waals surface area (Å²) in [6.07, 6.45) is 2.79. The summed E-state index contributed by atoms with van der Waals surface area (Å²) >= 11 is 7.34. The van der Waals surface area contributed by atoms with Crippen molar-refractivity contribution in [3.05, 3.63) is 33.0 Å². The van der Waals surface area contributed by atoms with E-state index < -0.39 is 0 Å². The smallest absolute Gasteiger partial charge is 0.247 e. The molecule has 1 heterocycles. The van der Waals surface area contributed by atoms with Crippen molar-refractivity contribution in [2.75, 3.05) is 0 Å². The molecule has 0 fully saturated rings. The lowest BCUT2D eigenvalue weighted by Crippen LogP contribution is -2.26. The van der Waals surface area contributed by atoms with Crippen molar-refractivity contribution in [2.45, 2.75) is 33.2 Å². The minimum absolute atomic E-state index is 0.00482. The Kier molecular flexibility index (Phi) is 5.03. The normalized spacial score (nSPS) is 13.6. The van der Waals surface area contributed by atoms with Crippen LogP contribution in [0.1, 0.15) is 38.1 Å². The van der Waals surface area contributed by atoms with Crippen LogP contribution in [0.25, 0.3) is 0 Å². The number of amides is 1. The van der Waals surface area contributed by atoms with Gasteiger partial charge in [-0.25, -0.2) is 0 Å². The van der Waals surface area contributed by atoms with Crippen molar-refractivity contribution in [2.24, 2.45) is 0 Å². The zero-order valence-electron chi connectivity index (χ0n) is 9.71. The Labute approximate surface area is 105 Å². The van der Waals surface area contributed by atoms with Gasteiger partial charge in [0.2, 0.25) is 5.91 Å². The zero-order valence-corrected chi connectivity index (χ0v) is 11.3. The van der Waals surface area contributed by atoms with E-state index in [0.717, 1.165) is 21.2 Å². The van der Waals surface area contributed by atoms with E-state index in [1.54, 1.807) is 0 Å². The molecule has 0 spiro atoms. The number of allylic oxidation sites excluding steroid dienone is 1. The highest BCUT2D eigenvalue weighted by atomic mass is 35.5. The minimum atomic E-state index is -0.0149. The Morgan fingerprint density at radius 3 is 2.81 bits per heavy atom. The molecular formula is C12H16ClNOS. The summed E-state index contributed by atoms with van der Waals surface area (Å²) in [5, 5.41) is 2.94. The minimum Gasteiger partial charge on any atom is -0.345 e. The van der Waals surface area contributed by atoms with Crippen molar-refractivity contribution in [1.29, 1.82) is 0 Å². The van der Waals surface area contributed by atoms with E-state index in [2.05, 4.69) is 5.32 Å². The monoisotopic (exact) mass is 257 g/mol. The van der Waals surface area contributed by atoms with Crippen molar-refractivity contribution < 1.29 is 4.79 Å². The fraction of sp³-hybridized carbons (Fsp3) is 0.417. The van der Waals surface area contributed by atoms with Crippen molar-refractivity contribution >= 4 is 28.8 Å². The lowest BCUT2D eigenvalue weighted by molar-refractivity contribution is -0.118. The van der Waals surface area contributed by atoms with Gasteiger partial charge >= 0.3 is 0 Å². The molecule has 1 atom stereocenters. The Morgan fingerprint density at radius 2 is 2.31 bits per heavy atom. The summed E-state index contributed by atoms with van der Waals surface area (Å²) in [5.41, 5.74) is 0.761. The summed E-state index contributed by atoms with van der Waals surface area (Å²) in [7, 11) is 0. The van der Waals surface area contributed by atoms with Crippen LogP contribution in [0.3, 0.4) is 0 Å². The van der Waals surface area contributed by atoms with Gasteiger partial charge in [0.25, 0.3) is 0 Å². The van der Waals surface area contributed by atoms with Gasteiger partial charge in [0, 0.05) is 10.5 Å². The van der Waals surface area contributed by atoms with Crippen LogP contribution in [0.4, 0.5) is 0 Å². The third kappa shape index (κ3) is 3.65. The first-order valence-electron chi connectivity index (χ1n) is 5.27. The maximum absolute atomic E-state index is 11.7. The predicted octanol–water partition coefficient (Wildman–Crippen LogP) is 3.94. The van der Waals surface area contributed by atoms with Gasteiger partial charge in [0.05, 0.1) is 10.4 Å². The van der Waals surface area contributed by atoms with Gasteiger partial charge in [-0.3, -0.25) is 4.79 Å². The van der Waals surface area contributed by atoms with Crippen molar-refractivity contribution in [3.63, 3.8) is 0 Å². The molecule has 4 heteroatoms. The molecule has 0 saturated carbocycles. The van der Waals surface area contributed by atoms with Gasteiger partial charge in [-0.05, 0) is 32.4 Å².